The van der Waals surface area contributed by atoms with E-state index in [1.165, 1.54) is 16.7 Å². The highest BCUT2D eigenvalue weighted by Gasteiger charge is 2.07. The maximum absolute atomic E-state index is 11.0. The van der Waals surface area contributed by atoms with Gasteiger partial charge < -0.3 is 9.78 Å². The lowest BCUT2D eigenvalue weighted by atomic mass is 10.0. The second-order valence-corrected chi connectivity index (χ2v) is 4.76. The number of H-pyrrole nitrogens is 1. The van der Waals surface area contributed by atoms with Crippen molar-refractivity contribution in [3.05, 3.63) is 41.3 Å². The number of imidazole rings is 1. The van der Waals surface area contributed by atoms with E-state index < -0.39 is 0 Å². The molecule has 0 amide bonds. The van der Waals surface area contributed by atoms with E-state index in [0.29, 0.717) is 12.8 Å². The van der Waals surface area contributed by atoms with E-state index >= 15 is 0 Å². The molecule has 1 N–H and O–H groups in total. The fourth-order valence-electron chi connectivity index (χ4n) is 1.95. The summed E-state index contributed by atoms with van der Waals surface area (Å²) in [6.07, 6.45) is 3.07. The normalized spacial score (nSPS) is 10.6. The van der Waals surface area contributed by atoms with Crippen molar-refractivity contribution in [2.45, 2.75) is 33.6 Å². The Hall–Kier alpha value is -1.90. The number of nitrogens with one attached hydrogen (secondary N) is 1. The molecule has 1 heterocycles. The van der Waals surface area contributed by atoms with Crippen molar-refractivity contribution in [3.8, 4) is 11.3 Å². The Balaban J connectivity index is 2.23. The van der Waals surface area contributed by atoms with Gasteiger partial charge in [-0.15, -0.1) is 0 Å². The lowest BCUT2D eigenvalue weighted by molar-refractivity contribution is -0.117. The van der Waals surface area contributed by atoms with E-state index in [9.17, 15) is 4.79 Å². The molecule has 0 bridgehead atoms. The van der Waals surface area contributed by atoms with Gasteiger partial charge in [-0.25, -0.2) is 4.98 Å². The van der Waals surface area contributed by atoms with E-state index in [1.54, 1.807) is 6.92 Å². The fraction of sp³-hybridized carbons (Fsp3) is 0.333. The molecule has 2 aromatic rings. The predicted octanol–water partition coefficient (Wildman–Crippen LogP) is 3.22. The number of Topliss-reactive ketones (excluding diaryl/α,β-unsaturated/α-hetero) is 1. The third-order valence-electron chi connectivity index (χ3n) is 3.03. The van der Waals surface area contributed by atoms with Crippen LogP contribution in [0.2, 0.25) is 0 Å². The minimum atomic E-state index is 0.194. The molecule has 0 radical (unpaired) electrons. The summed E-state index contributed by atoms with van der Waals surface area (Å²) in [6, 6.07) is 6.37. The lowest BCUT2D eigenvalue weighted by Crippen LogP contribution is -1.95. The van der Waals surface area contributed by atoms with Crippen molar-refractivity contribution >= 4 is 5.78 Å². The van der Waals surface area contributed by atoms with Crippen LogP contribution in [-0.2, 0) is 11.2 Å². The average Bonchev–Trinajstić information content (AvgIpc) is 2.78. The van der Waals surface area contributed by atoms with Gasteiger partial charge >= 0.3 is 0 Å². The molecule has 0 spiro atoms. The van der Waals surface area contributed by atoms with Gasteiger partial charge in [0, 0.05) is 18.4 Å². The molecule has 0 saturated carbocycles. The summed E-state index contributed by atoms with van der Waals surface area (Å²) >= 11 is 0. The van der Waals surface area contributed by atoms with Gasteiger partial charge in [0.15, 0.2) is 0 Å². The van der Waals surface area contributed by atoms with Crippen LogP contribution in [-0.4, -0.2) is 15.8 Å². The first-order valence-electron chi connectivity index (χ1n) is 6.17. The average molecular weight is 242 g/mol. The van der Waals surface area contributed by atoms with Gasteiger partial charge in [0.2, 0.25) is 0 Å². The van der Waals surface area contributed by atoms with Gasteiger partial charge in [0.25, 0.3) is 0 Å². The lowest BCUT2D eigenvalue weighted by Gasteiger charge is -2.04. The number of aromatic amines is 1. The summed E-state index contributed by atoms with van der Waals surface area (Å²) in [6.45, 7) is 5.77. The van der Waals surface area contributed by atoms with Crippen LogP contribution >= 0.6 is 0 Å². The van der Waals surface area contributed by atoms with Crippen molar-refractivity contribution < 1.29 is 4.79 Å². The summed E-state index contributed by atoms with van der Waals surface area (Å²) in [5.41, 5.74) is 4.66. The standard InChI is InChI=1S/C15H18N2O/c1-10-4-5-11(2)13(8-10)14-9-16-15(17-14)7-6-12(3)18/h4-5,8-9H,6-7H2,1-3H3,(H,16,17). The first-order valence-corrected chi connectivity index (χ1v) is 6.17. The highest BCUT2D eigenvalue weighted by atomic mass is 16.1. The second kappa shape index (κ2) is 5.17. The molecular formula is C15H18N2O. The zero-order valence-electron chi connectivity index (χ0n) is 11.1. The number of carbonyl (C=O) groups is 1. The maximum Gasteiger partial charge on any atom is 0.130 e. The predicted molar refractivity (Wildman–Crippen MR) is 72.5 cm³/mol. The molecule has 0 aliphatic heterocycles. The fourth-order valence-corrected chi connectivity index (χ4v) is 1.95. The second-order valence-electron chi connectivity index (χ2n) is 4.76. The van der Waals surface area contributed by atoms with E-state index in [-0.39, 0.29) is 5.78 Å². The van der Waals surface area contributed by atoms with Crippen molar-refractivity contribution in [1.82, 2.24) is 9.97 Å². The van der Waals surface area contributed by atoms with Crippen molar-refractivity contribution in [2.24, 2.45) is 0 Å². The molecule has 3 heteroatoms. The van der Waals surface area contributed by atoms with Crippen molar-refractivity contribution in [3.63, 3.8) is 0 Å². The van der Waals surface area contributed by atoms with Gasteiger partial charge in [-0.1, -0.05) is 17.7 Å². The molecule has 0 fully saturated rings. The van der Waals surface area contributed by atoms with E-state index in [2.05, 4.69) is 42.0 Å². The number of hydrogen-bond acceptors (Lipinski definition) is 2. The van der Waals surface area contributed by atoms with Crippen LogP contribution < -0.4 is 0 Å². The molecule has 0 atom stereocenters. The quantitative estimate of drug-likeness (QED) is 0.894. The van der Waals surface area contributed by atoms with Crippen LogP contribution in [0.15, 0.2) is 24.4 Å². The molecule has 0 unspecified atom stereocenters. The van der Waals surface area contributed by atoms with Crippen LogP contribution in [0.25, 0.3) is 11.3 Å². The summed E-state index contributed by atoms with van der Waals surface area (Å²) in [5, 5.41) is 0. The van der Waals surface area contributed by atoms with Crippen LogP contribution in [0.5, 0.6) is 0 Å². The Morgan fingerprint density at radius 3 is 2.83 bits per heavy atom. The summed E-state index contributed by atoms with van der Waals surface area (Å²) in [7, 11) is 0. The SMILES string of the molecule is CC(=O)CCc1ncc(-c2cc(C)ccc2C)[nH]1. The Morgan fingerprint density at radius 1 is 1.33 bits per heavy atom. The number of aromatic nitrogens is 2. The molecule has 0 aliphatic rings. The molecule has 0 aliphatic carbocycles. The summed E-state index contributed by atoms with van der Waals surface area (Å²) < 4.78 is 0. The molecule has 18 heavy (non-hydrogen) atoms. The van der Waals surface area contributed by atoms with E-state index in [1.807, 2.05) is 6.20 Å². The minimum Gasteiger partial charge on any atom is -0.342 e. The number of aryl methyl sites for hydroxylation is 3. The Bertz CT molecular complexity index is 570. The molecule has 1 aromatic carbocycles. The van der Waals surface area contributed by atoms with Gasteiger partial charge in [0.1, 0.15) is 11.6 Å². The summed E-state index contributed by atoms with van der Waals surface area (Å²) in [5.74, 6) is 1.07. The number of carbonyl (C=O) groups excluding carboxylic acids is 1. The largest absolute Gasteiger partial charge is 0.342 e. The van der Waals surface area contributed by atoms with Crippen molar-refractivity contribution in [2.75, 3.05) is 0 Å². The number of nitrogens with zero attached hydrogens (tertiary/aromatic N) is 1. The monoisotopic (exact) mass is 242 g/mol. The van der Waals surface area contributed by atoms with Gasteiger partial charge in [-0.05, 0) is 32.4 Å². The van der Waals surface area contributed by atoms with Crippen LogP contribution in [0, 0.1) is 13.8 Å². The maximum atomic E-state index is 11.0. The van der Waals surface area contributed by atoms with Gasteiger partial charge in [-0.3, -0.25) is 0 Å². The highest BCUT2D eigenvalue weighted by molar-refractivity contribution is 5.75. The molecule has 94 valence electrons. The molecule has 1 aromatic heterocycles. The summed E-state index contributed by atoms with van der Waals surface area (Å²) in [4.78, 5) is 18.6. The van der Waals surface area contributed by atoms with E-state index in [0.717, 1.165) is 11.5 Å². The Kier molecular flexibility index (Phi) is 3.60. The number of benzene rings is 1. The molecule has 0 saturated heterocycles. The molecule has 3 nitrogen and oxygen atoms in total. The van der Waals surface area contributed by atoms with Crippen LogP contribution in [0.3, 0.4) is 0 Å². The third-order valence-corrected chi connectivity index (χ3v) is 3.03. The first kappa shape index (κ1) is 12.6. The minimum absolute atomic E-state index is 0.194. The zero-order chi connectivity index (χ0) is 13.1. The Labute approximate surface area is 107 Å². The number of hydrogen-bond donors (Lipinski definition) is 1. The third kappa shape index (κ3) is 2.86. The van der Waals surface area contributed by atoms with Gasteiger partial charge in [0.05, 0.1) is 11.9 Å². The smallest absolute Gasteiger partial charge is 0.130 e. The molecule has 2 rings (SSSR count). The van der Waals surface area contributed by atoms with Crippen LogP contribution in [0.4, 0.5) is 0 Å². The first-order chi connectivity index (χ1) is 8.56. The number of ketones is 1. The molecular weight excluding hydrogens is 224 g/mol. The number of rotatable bonds is 4. The van der Waals surface area contributed by atoms with Crippen molar-refractivity contribution in [1.29, 1.82) is 0 Å². The zero-order valence-corrected chi connectivity index (χ0v) is 11.1. The topological polar surface area (TPSA) is 45.8 Å². The Morgan fingerprint density at radius 2 is 2.11 bits per heavy atom. The van der Waals surface area contributed by atoms with Crippen LogP contribution in [0.1, 0.15) is 30.3 Å². The highest BCUT2D eigenvalue weighted by Crippen LogP contribution is 2.22. The van der Waals surface area contributed by atoms with Gasteiger partial charge in [-0.2, -0.15) is 0 Å². The van der Waals surface area contributed by atoms with E-state index in [4.69, 9.17) is 0 Å².